The number of fused-ring (bicyclic) bond motifs is 1. The van der Waals surface area contributed by atoms with Gasteiger partial charge in [0.2, 0.25) is 0 Å². The first-order valence-corrected chi connectivity index (χ1v) is 8.60. The van der Waals surface area contributed by atoms with Crippen molar-refractivity contribution in [1.82, 2.24) is 19.6 Å². The molecule has 0 atom stereocenters. The molecule has 1 N–H and O–H groups in total. The third kappa shape index (κ3) is 3.76. The highest BCUT2D eigenvalue weighted by atomic mass is 35.5. The third-order valence-electron chi connectivity index (χ3n) is 3.17. The van der Waals surface area contributed by atoms with Crippen LogP contribution in [-0.4, -0.2) is 38.1 Å². The summed E-state index contributed by atoms with van der Waals surface area (Å²) in [7, 11) is 0. The third-order valence-corrected chi connectivity index (χ3v) is 4.24. The van der Waals surface area contributed by atoms with Gasteiger partial charge in [-0.25, -0.2) is 0 Å². The van der Waals surface area contributed by atoms with Crippen LogP contribution in [-0.2, 0) is 0 Å². The zero-order valence-electron chi connectivity index (χ0n) is 11.9. The molecule has 0 bridgehead atoms. The highest BCUT2D eigenvalue weighted by Gasteiger charge is 2.11. The Morgan fingerprint density at radius 2 is 2.10 bits per heavy atom. The van der Waals surface area contributed by atoms with Crippen LogP contribution in [0.5, 0.6) is 0 Å². The SMILES string of the molecule is CSCCCCCCNc1c(C)c(Cl)nc2ncnn12. The predicted molar refractivity (Wildman–Crippen MR) is 85.9 cm³/mol. The van der Waals surface area contributed by atoms with E-state index in [1.165, 1.54) is 31.3 Å². The minimum Gasteiger partial charge on any atom is -0.370 e. The van der Waals surface area contributed by atoms with Gasteiger partial charge < -0.3 is 5.32 Å². The van der Waals surface area contributed by atoms with Crippen LogP contribution in [0, 0.1) is 6.92 Å². The average Bonchev–Trinajstić information content (AvgIpc) is 2.89. The number of halogens is 1. The maximum atomic E-state index is 6.11. The summed E-state index contributed by atoms with van der Waals surface area (Å²) in [5.41, 5.74) is 0.909. The Hall–Kier alpha value is -1.01. The molecule has 2 aromatic rings. The lowest BCUT2D eigenvalue weighted by atomic mass is 10.2. The predicted octanol–water partition coefficient (Wildman–Crippen LogP) is 3.42. The first-order chi connectivity index (χ1) is 9.74. The smallest absolute Gasteiger partial charge is 0.255 e. The fraction of sp³-hybridized carbons (Fsp3) is 0.615. The molecule has 0 saturated heterocycles. The minimum absolute atomic E-state index is 0.480. The van der Waals surface area contributed by atoms with Crippen molar-refractivity contribution >= 4 is 35.0 Å². The number of rotatable bonds is 8. The molecule has 0 amide bonds. The van der Waals surface area contributed by atoms with E-state index in [0.717, 1.165) is 24.3 Å². The molecule has 2 heterocycles. The van der Waals surface area contributed by atoms with Crippen molar-refractivity contribution in [2.75, 3.05) is 23.9 Å². The summed E-state index contributed by atoms with van der Waals surface area (Å²) in [5.74, 6) is 2.68. The first-order valence-electron chi connectivity index (χ1n) is 6.82. The van der Waals surface area contributed by atoms with Crippen LogP contribution in [0.25, 0.3) is 5.78 Å². The van der Waals surface area contributed by atoms with Gasteiger partial charge in [-0.2, -0.15) is 31.3 Å². The molecular formula is C13H20ClN5S. The Labute approximate surface area is 128 Å². The van der Waals surface area contributed by atoms with E-state index < -0.39 is 0 Å². The van der Waals surface area contributed by atoms with Crippen LogP contribution in [0.3, 0.4) is 0 Å². The van der Waals surface area contributed by atoms with Crippen LogP contribution in [0.15, 0.2) is 6.33 Å². The molecular weight excluding hydrogens is 294 g/mol. The summed E-state index contributed by atoms with van der Waals surface area (Å²) in [5, 5.41) is 8.06. The molecule has 0 unspecified atom stereocenters. The number of aromatic nitrogens is 4. The summed E-state index contributed by atoms with van der Waals surface area (Å²) < 4.78 is 1.70. The second kappa shape index (κ2) is 7.69. The zero-order chi connectivity index (χ0) is 14.4. The molecule has 20 heavy (non-hydrogen) atoms. The molecule has 2 rings (SSSR count). The lowest BCUT2D eigenvalue weighted by molar-refractivity contribution is 0.686. The zero-order valence-corrected chi connectivity index (χ0v) is 13.5. The number of nitrogens with zero attached hydrogens (tertiary/aromatic N) is 4. The van der Waals surface area contributed by atoms with E-state index in [4.69, 9.17) is 11.6 Å². The molecule has 0 aromatic carbocycles. The van der Waals surface area contributed by atoms with Gasteiger partial charge in [0.05, 0.1) is 0 Å². The van der Waals surface area contributed by atoms with E-state index in [9.17, 15) is 0 Å². The van der Waals surface area contributed by atoms with E-state index in [2.05, 4.69) is 26.6 Å². The normalized spacial score (nSPS) is 11.2. The number of anilines is 1. The average molecular weight is 314 g/mol. The molecule has 2 aromatic heterocycles. The van der Waals surface area contributed by atoms with Gasteiger partial charge in [0.15, 0.2) is 0 Å². The summed E-state index contributed by atoms with van der Waals surface area (Å²) in [6.07, 6.45) is 8.62. The number of hydrogen-bond donors (Lipinski definition) is 1. The largest absolute Gasteiger partial charge is 0.370 e. The van der Waals surface area contributed by atoms with Crippen molar-refractivity contribution < 1.29 is 0 Å². The second-order valence-electron chi connectivity index (χ2n) is 4.68. The van der Waals surface area contributed by atoms with Gasteiger partial charge in [0.25, 0.3) is 5.78 Å². The van der Waals surface area contributed by atoms with E-state index in [1.54, 1.807) is 4.52 Å². The summed E-state index contributed by atoms with van der Waals surface area (Å²) in [6.45, 7) is 2.85. The van der Waals surface area contributed by atoms with Crippen molar-refractivity contribution in [2.45, 2.75) is 32.6 Å². The summed E-state index contributed by atoms with van der Waals surface area (Å²) >= 11 is 8.02. The maximum absolute atomic E-state index is 6.11. The number of nitrogens with one attached hydrogen (secondary N) is 1. The number of unbranched alkanes of at least 4 members (excludes halogenated alkanes) is 3. The second-order valence-corrected chi connectivity index (χ2v) is 6.03. The quantitative estimate of drug-likeness (QED) is 0.598. The lowest BCUT2D eigenvalue weighted by Crippen LogP contribution is -2.10. The topological polar surface area (TPSA) is 55.1 Å². The Balaban J connectivity index is 1.89. The number of thioether (sulfide) groups is 1. The van der Waals surface area contributed by atoms with Gasteiger partial charge in [-0.3, -0.25) is 0 Å². The fourth-order valence-corrected chi connectivity index (χ4v) is 2.69. The molecule has 0 saturated carbocycles. The molecule has 0 fully saturated rings. The van der Waals surface area contributed by atoms with Gasteiger partial charge in [0.1, 0.15) is 17.3 Å². The minimum atomic E-state index is 0.480. The van der Waals surface area contributed by atoms with Gasteiger partial charge in [-0.1, -0.05) is 24.4 Å². The maximum Gasteiger partial charge on any atom is 0.255 e. The van der Waals surface area contributed by atoms with Gasteiger partial charge in [-0.15, -0.1) is 0 Å². The van der Waals surface area contributed by atoms with Crippen molar-refractivity contribution in [3.8, 4) is 0 Å². The van der Waals surface area contributed by atoms with Crippen LogP contribution >= 0.6 is 23.4 Å². The molecule has 0 spiro atoms. The molecule has 0 aliphatic rings. The molecule has 0 aliphatic carbocycles. The van der Waals surface area contributed by atoms with E-state index in [-0.39, 0.29) is 0 Å². The Morgan fingerprint density at radius 3 is 2.90 bits per heavy atom. The fourth-order valence-electron chi connectivity index (χ4n) is 2.04. The summed E-state index contributed by atoms with van der Waals surface area (Å²) in [6, 6.07) is 0. The van der Waals surface area contributed by atoms with Crippen molar-refractivity contribution in [2.24, 2.45) is 0 Å². The van der Waals surface area contributed by atoms with E-state index >= 15 is 0 Å². The Morgan fingerprint density at radius 1 is 1.30 bits per heavy atom. The monoisotopic (exact) mass is 313 g/mol. The Bertz CT molecular complexity index is 557. The molecule has 0 aliphatic heterocycles. The molecule has 7 heteroatoms. The highest BCUT2D eigenvalue weighted by Crippen LogP contribution is 2.22. The standard InChI is InChI=1S/C13H20ClN5S/c1-10-11(14)18-13-16-9-17-19(13)12(10)15-7-5-3-4-6-8-20-2/h9,15H,3-8H2,1-2H3. The van der Waals surface area contributed by atoms with Crippen LogP contribution in [0.1, 0.15) is 31.2 Å². The first kappa shape index (κ1) is 15.4. The van der Waals surface area contributed by atoms with E-state index in [0.29, 0.717) is 10.9 Å². The highest BCUT2D eigenvalue weighted by molar-refractivity contribution is 7.98. The Kier molecular flexibility index (Phi) is 5.91. The molecule has 5 nitrogen and oxygen atoms in total. The summed E-state index contributed by atoms with van der Waals surface area (Å²) in [4.78, 5) is 8.26. The van der Waals surface area contributed by atoms with Crippen molar-refractivity contribution in [3.63, 3.8) is 0 Å². The van der Waals surface area contributed by atoms with Gasteiger partial charge >= 0.3 is 0 Å². The van der Waals surface area contributed by atoms with Crippen LogP contribution < -0.4 is 5.32 Å². The van der Waals surface area contributed by atoms with E-state index in [1.807, 2.05) is 18.7 Å². The number of hydrogen-bond acceptors (Lipinski definition) is 5. The molecule has 110 valence electrons. The van der Waals surface area contributed by atoms with Crippen LogP contribution in [0.2, 0.25) is 5.15 Å². The van der Waals surface area contributed by atoms with Crippen molar-refractivity contribution in [3.05, 3.63) is 17.0 Å². The molecule has 0 radical (unpaired) electrons. The lowest BCUT2D eigenvalue weighted by Gasteiger charge is -2.11. The van der Waals surface area contributed by atoms with Gasteiger partial charge in [0, 0.05) is 12.1 Å². The van der Waals surface area contributed by atoms with Gasteiger partial charge in [-0.05, 0) is 31.8 Å². The van der Waals surface area contributed by atoms with Crippen molar-refractivity contribution in [1.29, 1.82) is 0 Å². The van der Waals surface area contributed by atoms with Crippen LogP contribution in [0.4, 0.5) is 5.82 Å².